The summed E-state index contributed by atoms with van der Waals surface area (Å²) < 4.78 is 5.83. The van der Waals surface area contributed by atoms with Crippen molar-refractivity contribution in [3.8, 4) is 0 Å². The molecule has 1 radical (unpaired) electrons. The molecule has 0 bridgehead atoms. The SMILES string of the molecule is C=CCN1C(=C)N(C(C)(C)C)C(=C)N(CCO[B]c2cccc(C(=C)CCC(C)C)c2)C1=O. The number of hydrogen-bond acceptors (Lipinski definition) is 3. The van der Waals surface area contributed by atoms with Crippen LogP contribution in [0.3, 0.4) is 0 Å². The molecule has 1 aliphatic heterocycles. The van der Waals surface area contributed by atoms with E-state index in [1.807, 2.05) is 17.0 Å². The Hall–Kier alpha value is -2.73. The molecule has 1 aromatic rings. The van der Waals surface area contributed by atoms with E-state index in [-0.39, 0.29) is 11.6 Å². The Labute approximate surface area is 201 Å². The average molecular weight is 448 g/mol. The third kappa shape index (κ3) is 6.88. The third-order valence-electron chi connectivity index (χ3n) is 5.55. The number of carbonyl (C=O) groups excluding carboxylic acids is 1. The highest BCUT2D eigenvalue weighted by atomic mass is 16.4. The number of nitrogens with zero attached hydrogens (tertiary/aromatic N) is 3. The van der Waals surface area contributed by atoms with Gasteiger partial charge in [-0.15, -0.1) is 6.58 Å². The van der Waals surface area contributed by atoms with Crippen molar-refractivity contribution in [2.75, 3.05) is 19.7 Å². The average Bonchev–Trinajstić information content (AvgIpc) is 2.73. The van der Waals surface area contributed by atoms with Gasteiger partial charge >= 0.3 is 13.5 Å². The number of hydrogen-bond donors (Lipinski definition) is 0. The van der Waals surface area contributed by atoms with Gasteiger partial charge in [0, 0.05) is 18.7 Å². The third-order valence-corrected chi connectivity index (χ3v) is 5.55. The molecular weight excluding hydrogens is 409 g/mol. The first kappa shape index (κ1) is 26.5. The fourth-order valence-corrected chi connectivity index (χ4v) is 3.81. The molecule has 0 atom stereocenters. The Kier molecular flexibility index (Phi) is 9.18. The number of rotatable bonds is 11. The molecule has 2 rings (SSSR count). The van der Waals surface area contributed by atoms with Crippen LogP contribution in [0.1, 0.15) is 53.0 Å². The van der Waals surface area contributed by atoms with Crippen molar-refractivity contribution in [3.05, 3.63) is 73.9 Å². The Balaban J connectivity index is 2.00. The number of benzene rings is 1. The summed E-state index contributed by atoms with van der Waals surface area (Å²) in [5, 5.41) is 0. The minimum atomic E-state index is -0.280. The second kappa shape index (κ2) is 11.4. The van der Waals surface area contributed by atoms with E-state index in [9.17, 15) is 4.79 Å². The van der Waals surface area contributed by atoms with Crippen LogP contribution < -0.4 is 5.46 Å². The van der Waals surface area contributed by atoms with E-state index >= 15 is 0 Å². The molecule has 0 saturated carbocycles. The maximum Gasteiger partial charge on any atom is 0.331 e. The van der Waals surface area contributed by atoms with Gasteiger partial charge in [0.25, 0.3) is 0 Å². The van der Waals surface area contributed by atoms with Crippen molar-refractivity contribution in [2.24, 2.45) is 5.92 Å². The Bertz CT molecular complexity index is 901. The van der Waals surface area contributed by atoms with E-state index < -0.39 is 0 Å². The maximum absolute atomic E-state index is 13.1. The maximum atomic E-state index is 13.1. The summed E-state index contributed by atoms with van der Waals surface area (Å²) in [4.78, 5) is 18.3. The normalized spacial score (nSPS) is 14.8. The van der Waals surface area contributed by atoms with Gasteiger partial charge in [-0.3, -0.25) is 9.80 Å². The molecular formula is C27H39BN3O2. The van der Waals surface area contributed by atoms with E-state index in [1.54, 1.807) is 23.4 Å². The molecule has 6 heteroatoms. The highest BCUT2D eigenvalue weighted by molar-refractivity contribution is 6.47. The van der Waals surface area contributed by atoms with Crippen molar-refractivity contribution in [1.82, 2.24) is 14.7 Å². The zero-order valence-electron chi connectivity index (χ0n) is 21.1. The van der Waals surface area contributed by atoms with Crippen LogP contribution in [0.2, 0.25) is 0 Å². The Morgan fingerprint density at radius 1 is 1.18 bits per heavy atom. The van der Waals surface area contributed by atoms with Crippen LogP contribution >= 0.6 is 0 Å². The molecule has 0 aromatic heterocycles. The summed E-state index contributed by atoms with van der Waals surface area (Å²) in [6.45, 7) is 28.1. The van der Waals surface area contributed by atoms with Gasteiger partial charge in [0.05, 0.1) is 6.54 Å². The summed E-state index contributed by atoms with van der Waals surface area (Å²) in [6, 6.07) is 8.02. The van der Waals surface area contributed by atoms with E-state index in [0.717, 1.165) is 29.4 Å². The molecule has 0 aliphatic carbocycles. The lowest BCUT2D eigenvalue weighted by atomic mass is 9.85. The van der Waals surface area contributed by atoms with Crippen molar-refractivity contribution in [1.29, 1.82) is 0 Å². The first-order valence-corrected chi connectivity index (χ1v) is 11.6. The van der Waals surface area contributed by atoms with Crippen LogP contribution in [0.15, 0.2) is 68.3 Å². The first-order chi connectivity index (χ1) is 15.5. The minimum Gasteiger partial charge on any atom is -0.432 e. The molecule has 0 unspecified atom stereocenters. The van der Waals surface area contributed by atoms with Gasteiger partial charge in [-0.2, -0.15) is 0 Å². The minimum absolute atomic E-state index is 0.169. The lowest BCUT2D eigenvalue weighted by molar-refractivity contribution is 0.0747. The van der Waals surface area contributed by atoms with Crippen molar-refractivity contribution in [3.63, 3.8) is 0 Å². The first-order valence-electron chi connectivity index (χ1n) is 11.6. The predicted molar refractivity (Wildman–Crippen MR) is 140 cm³/mol. The van der Waals surface area contributed by atoms with E-state index in [2.05, 4.69) is 73.1 Å². The summed E-state index contributed by atoms with van der Waals surface area (Å²) in [7, 11) is 1.73. The molecule has 2 amide bonds. The van der Waals surface area contributed by atoms with Gasteiger partial charge in [0.15, 0.2) is 0 Å². The molecule has 5 nitrogen and oxygen atoms in total. The van der Waals surface area contributed by atoms with Crippen LogP contribution in [0.4, 0.5) is 4.79 Å². The van der Waals surface area contributed by atoms with Crippen molar-refractivity contribution >= 4 is 24.5 Å². The van der Waals surface area contributed by atoms with Gasteiger partial charge < -0.3 is 9.55 Å². The lowest BCUT2D eigenvalue weighted by Gasteiger charge is -2.50. The molecule has 0 spiro atoms. The van der Waals surface area contributed by atoms with Crippen molar-refractivity contribution in [2.45, 2.75) is 53.0 Å². The van der Waals surface area contributed by atoms with Crippen LogP contribution in [-0.2, 0) is 4.65 Å². The summed E-state index contributed by atoms with van der Waals surface area (Å²) in [5.41, 5.74) is 2.96. The molecule has 1 heterocycles. The van der Waals surface area contributed by atoms with Crippen LogP contribution in [-0.4, -0.2) is 53.4 Å². The fraction of sp³-hybridized carbons (Fsp3) is 0.444. The molecule has 1 aromatic carbocycles. The highest BCUT2D eigenvalue weighted by Crippen LogP contribution is 2.33. The number of urea groups is 1. The van der Waals surface area contributed by atoms with Gasteiger partial charge in [-0.25, -0.2) is 4.79 Å². The molecule has 33 heavy (non-hydrogen) atoms. The lowest BCUT2D eigenvalue weighted by Crippen LogP contribution is -2.59. The monoisotopic (exact) mass is 448 g/mol. The Morgan fingerprint density at radius 3 is 2.45 bits per heavy atom. The van der Waals surface area contributed by atoms with Gasteiger partial charge in [-0.05, 0) is 50.7 Å². The van der Waals surface area contributed by atoms with Gasteiger partial charge in [-0.1, -0.05) is 69.4 Å². The summed E-state index contributed by atoms with van der Waals surface area (Å²) in [6.07, 6.45) is 3.80. The van der Waals surface area contributed by atoms with Gasteiger partial charge in [0.1, 0.15) is 11.6 Å². The number of amides is 2. The second-order valence-corrected chi connectivity index (χ2v) is 9.82. The molecule has 1 saturated heterocycles. The standard InChI is InChI=1S/C27H39BN3O2/c1-10-16-29-22(5)31(27(7,8)9)23(6)30(26(29)32)17-18-33-28-25-13-11-12-24(19-25)21(4)15-14-20(2)3/h10-13,19-20H,1,4-6,14-18H2,2-3,7-9H3. The van der Waals surface area contributed by atoms with Crippen LogP contribution in [0.25, 0.3) is 5.57 Å². The Morgan fingerprint density at radius 2 is 1.85 bits per heavy atom. The highest BCUT2D eigenvalue weighted by Gasteiger charge is 2.40. The summed E-state index contributed by atoms with van der Waals surface area (Å²) in [5.74, 6) is 1.86. The fourth-order valence-electron chi connectivity index (χ4n) is 3.81. The van der Waals surface area contributed by atoms with Gasteiger partial charge in [0.2, 0.25) is 0 Å². The van der Waals surface area contributed by atoms with Crippen molar-refractivity contribution < 1.29 is 9.45 Å². The number of allylic oxidation sites excluding steroid dienone is 1. The quantitative estimate of drug-likeness (QED) is 0.260. The molecule has 177 valence electrons. The van der Waals surface area contributed by atoms with E-state index in [0.29, 0.717) is 37.3 Å². The van der Waals surface area contributed by atoms with E-state index in [4.69, 9.17) is 4.65 Å². The van der Waals surface area contributed by atoms with Crippen LogP contribution in [0, 0.1) is 5.92 Å². The summed E-state index contributed by atoms with van der Waals surface area (Å²) >= 11 is 0. The smallest absolute Gasteiger partial charge is 0.331 e. The van der Waals surface area contributed by atoms with Crippen LogP contribution in [0.5, 0.6) is 0 Å². The second-order valence-electron chi connectivity index (χ2n) is 9.82. The zero-order chi connectivity index (χ0) is 24.8. The largest absolute Gasteiger partial charge is 0.432 e. The van der Waals surface area contributed by atoms with E-state index in [1.165, 1.54) is 0 Å². The molecule has 1 fully saturated rings. The molecule has 1 aliphatic rings. The predicted octanol–water partition coefficient (Wildman–Crippen LogP) is 5.36. The topological polar surface area (TPSA) is 36.0 Å². The zero-order valence-corrected chi connectivity index (χ0v) is 21.1. The number of carbonyl (C=O) groups is 1. The molecule has 0 N–H and O–H groups in total.